The molecule has 34 heavy (non-hydrogen) atoms. The van der Waals surface area contributed by atoms with Crippen molar-refractivity contribution in [3.8, 4) is 11.1 Å². The van der Waals surface area contributed by atoms with Gasteiger partial charge in [0.25, 0.3) is 0 Å². The number of rotatable bonds is 4. The molecule has 0 saturated heterocycles. The summed E-state index contributed by atoms with van der Waals surface area (Å²) in [6.45, 7) is 0.668. The van der Waals surface area contributed by atoms with E-state index in [0.717, 1.165) is 5.69 Å². The van der Waals surface area contributed by atoms with Crippen molar-refractivity contribution in [2.45, 2.75) is 12.5 Å². The number of benzene rings is 5. The van der Waals surface area contributed by atoms with Gasteiger partial charge in [0.1, 0.15) is 0 Å². The third-order valence-electron chi connectivity index (χ3n) is 6.40. The first-order valence-electron chi connectivity index (χ1n) is 11.2. The smallest absolute Gasteiger partial charge is 0.0354 e. The van der Waals surface area contributed by atoms with Gasteiger partial charge in [-0.25, -0.2) is 0 Å². The molecular weight excluding hydrogens is 493 g/mol. The fourth-order valence-electron chi connectivity index (χ4n) is 4.99. The Morgan fingerprint density at radius 2 is 1.15 bits per heavy atom. The van der Waals surface area contributed by atoms with E-state index in [4.69, 9.17) is 23.9 Å². The van der Waals surface area contributed by atoms with Gasteiger partial charge in [0.05, 0.1) is 0 Å². The van der Waals surface area contributed by atoms with E-state index in [0.29, 0.717) is 6.54 Å². The molecule has 0 saturated carbocycles. The van der Waals surface area contributed by atoms with Gasteiger partial charge in [-0.1, -0.05) is 121 Å². The predicted octanol–water partition coefficient (Wildman–Crippen LogP) is 9.58. The second-order valence-electron chi connectivity index (χ2n) is 8.19. The summed E-state index contributed by atoms with van der Waals surface area (Å²) in [5.41, 5.74) is 9.17. The van der Waals surface area contributed by atoms with Gasteiger partial charge in [-0.05, 0) is 38.6 Å². The number of para-hydroxylation sites is 1. The first-order chi connectivity index (χ1) is 16.8. The average molecular weight is 515 g/mol. The molecule has 0 N–H and O–H groups in total. The summed E-state index contributed by atoms with van der Waals surface area (Å²) in [5, 5.41) is 7.53. The van der Waals surface area contributed by atoms with Gasteiger partial charge in [-0.3, -0.25) is 0 Å². The number of hydrogen-bond acceptors (Lipinski definition) is 0. The molecule has 0 radical (unpaired) electrons. The molecule has 0 bridgehead atoms. The molecule has 4 heteroatoms. The summed E-state index contributed by atoms with van der Waals surface area (Å²) in [4.78, 5) is 0. The molecule has 0 heterocycles. The SMILES string of the molecule is [Cl][Ti][Cl].c1ccc([N-]Cc2c(C3c4ccccc4-c4ccccc43)ccc3ccccc23)cc1. The van der Waals surface area contributed by atoms with Crippen LogP contribution in [0.5, 0.6) is 0 Å². The Balaban J connectivity index is 0.000000764. The molecule has 166 valence electrons. The summed E-state index contributed by atoms with van der Waals surface area (Å²) >= 11 is -0.556. The van der Waals surface area contributed by atoms with Gasteiger partial charge in [-0.2, -0.15) is 0 Å². The largest absolute Gasteiger partial charge is 0.681 e. The van der Waals surface area contributed by atoms with Crippen LogP contribution in [0.2, 0.25) is 0 Å². The number of halogens is 2. The van der Waals surface area contributed by atoms with Crippen LogP contribution >= 0.6 is 18.6 Å². The zero-order chi connectivity index (χ0) is 23.3. The van der Waals surface area contributed by atoms with Crippen LogP contribution in [0.1, 0.15) is 28.2 Å². The third kappa shape index (κ3) is 4.54. The topological polar surface area (TPSA) is 14.1 Å². The minimum absolute atomic E-state index is 0.234. The zero-order valence-corrected chi connectivity index (χ0v) is 21.5. The summed E-state index contributed by atoms with van der Waals surface area (Å²) in [6, 6.07) is 41.2. The summed E-state index contributed by atoms with van der Waals surface area (Å²) < 4.78 is 0. The average Bonchev–Trinajstić information content (AvgIpc) is 3.23. The number of nitrogens with zero attached hydrogens (tertiary/aromatic N) is 1. The van der Waals surface area contributed by atoms with Gasteiger partial charge >= 0.3 is 35.6 Å². The summed E-state index contributed by atoms with van der Waals surface area (Å²) in [6.07, 6.45) is 0. The Hall–Kier alpha value is -2.55. The Morgan fingerprint density at radius 1 is 0.588 bits per heavy atom. The maximum atomic E-state index is 4.97. The Morgan fingerprint density at radius 3 is 1.82 bits per heavy atom. The van der Waals surface area contributed by atoms with Crippen LogP contribution in [0.25, 0.3) is 27.2 Å². The van der Waals surface area contributed by atoms with Crippen LogP contribution in [0.3, 0.4) is 0 Å². The normalized spacial score (nSPS) is 11.8. The Bertz CT molecular complexity index is 1370. The van der Waals surface area contributed by atoms with Crippen molar-refractivity contribution in [3.63, 3.8) is 0 Å². The first kappa shape index (κ1) is 23.2. The minimum atomic E-state index is -0.556. The van der Waals surface area contributed by atoms with Gasteiger partial charge < -0.3 is 5.32 Å². The van der Waals surface area contributed by atoms with Gasteiger partial charge in [0.2, 0.25) is 0 Å². The Labute approximate surface area is 217 Å². The molecule has 0 aliphatic heterocycles. The van der Waals surface area contributed by atoms with Crippen molar-refractivity contribution in [2.75, 3.05) is 0 Å². The molecule has 5 aromatic carbocycles. The van der Waals surface area contributed by atoms with Crippen molar-refractivity contribution in [1.29, 1.82) is 0 Å². The summed E-state index contributed by atoms with van der Waals surface area (Å²) in [7, 11) is 9.78. The van der Waals surface area contributed by atoms with Crippen LogP contribution in [0, 0.1) is 0 Å². The van der Waals surface area contributed by atoms with E-state index in [9.17, 15) is 0 Å². The maximum absolute atomic E-state index is 4.97. The van der Waals surface area contributed by atoms with Gasteiger partial charge in [0, 0.05) is 5.92 Å². The van der Waals surface area contributed by atoms with Crippen molar-refractivity contribution >= 4 is 35.1 Å². The molecule has 0 amide bonds. The second-order valence-corrected chi connectivity index (χ2v) is 10.8. The predicted molar refractivity (Wildman–Crippen MR) is 142 cm³/mol. The maximum Gasteiger partial charge on any atom is 0.0354 e. The fourth-order valence-corrected chi connectivity index (χ4v) is 4.99. The van der Waals surface area contributed by atoms with Crippen molar-refractivity contribution < 1.29 is 17.0 Å². The molecule has 0 unspecified atom stereocenters. The van der Waals surface area contributed by atoms with E-state index in [2.05, 4.69) is 97.1 Å². The van der Waals surface area contributed by atoms with E-state index in [1.807, 2.05) is 18.2 Å². The molecule has 0 atom stereocenters. The second kappa shape index (κ2) is 10.8. The molecule has 0 fully saturated rings. The monoisotopic (exact) mass is 514 g/mol. The zero-order valence-electron chi connectivity index (χ0n) is 18.5. The number of hydrogen-bond donors (Lipinski definition) is 0. The minimum Gasteiger partial charge on any atom is -0.681 e. The van der Waals surface area contributed by atoms with Gasteiger partial charge in [0.15, 0.2) is 0 Å². The van der Waals surface area contributed by atoms with Crippen LogP contribution < -0.4 is 0 Å². The molecular formula is C30H22Cl2NTi-. The summed E-state index contributed by atoms with van der Waals surface area (Å²) in [5.74, 6) is 0.234. The molecule has 0 spiro atoms. The van der Waals surface area contributed by atoms with Crippen LogP contribution in [0.15, 0.2) is 115 Å². The molecule has 1 nitrogen and oxygen atoms in total. The molecule has 5 aromatic rings. The van der Waals surface area contributed by atoms with E-state index in [1.165, 1.54) is 44.2 Å². The van der Waals surface area contributed by atoms with Gasteiger partial charge in [-0.15, -0.1) is 12.2 Å². The van der Waals surface area contributed by atoms with Crippen LogP contribution in [0.4, 0.5) is 5.69 Å². The molecule has 1 aliphatic carbocycles. The molecule has 0 aromatic heterocycles. The number of fused-ring (bicyclic) bond motifs is 4. The van der Waals surface area contributed by atoms with Crippen LogP contribution in [-0.2, 0) is 23.6 Å². The molecule has 6 rings (SSSR count). The van der Waals surface area contributed by atoms with Crippen molar-refractivity contribution in [2.24, 2.45) is 0 Å². The quantitative estimate of drug-likeness (QED) is 0.208. The first-order valence-corrected chi connectivity index (χ1v) is 15.5. The molecule has 1 aliphatic rings. The standard InChI is InChI=1S/C30H22N.2ClH.Ti/c1-2-11-22(12-3-1)31-20-29-23-13-5-4-10-21(23)18-19-28(29)30-26-16-8-6-14-24(26)25-15-7-9-17-27(25)30;;;/h1-19,30H,20H2;2*1H;/q-1;;;+2/p-2. The third-order valence-corrected chi connectivity index (χ3v) is 6.40. The van der Waals surface area contributed by atoms with Crippen molar-refractivity contribution in [1.82, 2.24) is 0 Å². The van der Waals surface area contributed by atoms with E-state index in [1.54, 1.807) is 0 Å². The fraction of sp³-hybridized carbons (Fsp3) is 0.0667. The van der Waals surface area contributed by atoms with E-state index >= 15 is 0 Å². The Kier molecular flexibility index (Phi) is 7.37. The van der Waals surface area contributed by atoms with Crippen molar-refractivity contribution in [3.05, 3.63) is 143 Å². The van der Waals surface area contributed by atoms with Crippen LogP contribution in [-0.4, -0.2) is 0 Å². The van der Waals surface area contributed by atoms with E-state index in [-0.39, 0.29) is 5.92 Å². The van der Waals surface area contributed by atoms with E-state index < -0.39 is 17.0 Å².